The highest BCUT2D eigenvalue weighted by Crippen LogP contribution is 2.42. The normalized spacial score (nSPS) is 22.7. The van der Waals surface area contributed by atoms with Crippen LogP contribution in [0.4, 0.5) is 0 Å². The molecule has 2 fully saturated rings. The van der Waals surface area contributed by atoms with Gasteiger partial charge in [0.25, 0.3) is 0 Å². The molecule has 0 aliphatic heterocycles. The lowest BCUT2D eigenvalue weighted by Gasteiger charge is -2.35. The van der Waals surface area contributed by atoms with Crippen LogP contribution in [0.3, 0.4) is 0 Å². The van der Waals surface area contributed by atoms with Gasteiger partial charge in [-0.15, -0.1) is 0 Å². The van der Waals surface area contributed by atoms with E-state index in [1.54, 1.807) is 0 Å². The maximum Gasteiger partial charge on any atom is 0.0249 e. The van der Waals surface area contributed by atoms with Gasteiger partial charge in [-0.2, -0.15) is 0 Å². The summed E-state index contributed by atoms with van der Waals surface area (Å²) in [5, 5.41) is 0. The first-order valence-corrected chi connectivity index (χ1v) is 27.8. The first-order chi connectivity index (χ1) is 33.0. The van der Waals surface area contributed by atoms with Crippen LogP contribution in [0.25, 0.3) is 22.3 Å². The van der Waals surface area contributed by atoms with Crippen LogP contribution in [0.5, 0.6) is 0 Å². The van der Waals surface area contributed by atoms with E-state index in [1.807, 2.05) is 0 Å². The molecule has 4 aliphatic carbocycles. The van der Waals surface area contributed by atoms with E-state index in [0.717, 1.165) is 46.6 Å². The third-order valence-corrected chi connectivity index (χ3v) is 16.4. The molecule has 0 heteroatoms. The lowest BCUT2D eigenvalue weighted by atomic mass is 9.71. The van der Waals surface area contributed by atoms with Gasteiger partial charge in [-0.25, -0.2) is 0 Å². The number of unbranched alkanes of at least 4 members (excludes halogenated alkanes) is 3. The minimum atomic E-state index is 0.908. The van der Waals surface area contributed by atoms with Crippen LogP contribution in [0.15, 0.2) is 120 Å². The van der Waals surface area contributed by atoms with Crippen molar-refractivity contribution in [1.29, 1.82) is 0 Å². The summed E-state index contributed by atoms with van der Waals surface area (Å²) in [4.78, 5) is 0. The lowest BCUT2D eigenvalue weighted by molar-refractivity contribution is 0.186. The fourth-order valence-electron chi connectivity index (χ4n) is 11.9. The molecule has 0 bridgehead atoms. The monoisotopic (exact) mass is 891 g/mol. The SMILES string of the molecule is CCCCc1ccc(-c2ccc(C#CC3=CCC(C4CCC(CCC)CC4)CC3)cc2)cc1.CCCCc1ccc(-c2ccc(C#CC3=CCC(C4CCC(CCCC)CC4)CC3)cc2)cc1. The molecule has 2 unspecified atom stereocenters. The molecule has 0 aromatic heterocycles. The highest BCUT2D eigenvalue weighted by atomic mass is 14.3. The summed E-state index contributed by atoms with van der Waals surface area (Å²) >= 11 is 0. The van der Waals surface area contributed by atoms with E-state index in [-0.39, 0.29) is 0 Å². The highest BCUT2D eigenvalue weighted by Gasteiger charge is 2.29. The van der Waals surface area contributed by atoms with Crippen molar-refractivity contribution in [1.82, 2.24) is 0 Å². The Balaban J connectivity index is 0.000000199. The number of aryl methyl sites for hydroxylation is 2. The molecule has 4 aliphatic rings. The molecule has 0 nitrogen and oxygen atoms in total. The van der Waals surface area contributed by atoms with E-state index in [0.29, 0.717) is 0 Å². The Morgan fingerprint density at radius 2 is 0.731 bits per heavy atom. The molecule has 8 rings (SSSR count). The van der Waals surface area contributed by atoms with Gasteiger partial charge >= 0.3 is 0 Å². The molecule has 0 heterocycles. The average molecular weight is 891 g/mol. The number of allylic oxidation sites excluding steroid dienone is 4. The Bertz CT molecular complexity index is 2220. The van der Waals surface area contributed by atoms with Crippen LogP contribution >= 0.6 is 0 Å². The number of benzene rings is 4. The molecular weight excluding hydrogens is 805 g/mol. The predicted molar refractivity (Wildman–Crippen MR) is 291 cm³/mol. The van der Waals surface area contributed by atoms with Crippen LogP contribution in [-0.2, 0) is 12.8 Å². The Labute approximate surface area is 410 Å². The van der Waals surface area contributed by atoms with E-state index < -0.39 is 0 Å². The van der Waals surface area contributed by atoms with E-state index in [2.05, 4.69) is 161 Å². The molecular formula is C67H86. The summed E-state index contributed by atoms with van der Waals surface area (Å²) in [6.45, 7) is 9.16. The second kappa shape index (κ2) is 27.5. The minimum Gasteiger partial charge on any atom is -0.0726 e. The lowest BCUT2D eigenvalue weighted by Crippen LogP contribution is -2.23. The molecule has 0 N–H and O–H groups in total. The standard InChI is InChI=1S/C34H44.C33H42/c1-3-5-7-27-11-19-31(20-12-27)33-23-15-29(16-24-33)9-10-30-17-25-34(26-18-30)32-21-13-28(14-22-32)8-6-4-2;1-3-5-7-27-12-20-31(21-13-27)33-24-16-29(17-25-33)9-8-28-14-22-32(23-15-28)30-18-10-26(6-4-2)11-19-30/h11-12,15-17,19-20,23-24,28,32,34H,3-8,13-14,18,21-22,25-26H2,1-2H3;12-14,16-17,20-21,24-26,30,32H,3-7,10-11,15,18-19,22-23H2,1-2H3. The molecule has 67 heavy (non-hydrogen) atoms. The van der Waals surface area contributed by atoms with Crippen molar-refractivity contribution >= 4 is 0 Å². The van der Waals surface area contributed by atoms with Crippen molar-refractivity contribution in [3.8, 4) is 45.9 Å². The molecule has 0 saturated heterocycles. The van der Waals surface area contributed by atoms with Crippen LogP contribution in [0.2, 0.25) is 0 Å². The summed E-state index contributed by atoms with van der Waals surface area (Å²) in [6, 6.07) is 35.7. The van der Waals surface area contributed by atoms with Crippen molar-refractivity contribution in [2.24, 2.45) is 35.5 Å². The second-order valence-electron chi connectivity index (χ2n) is 21.3. The number of hydrogen-bond acceptors (Lipinski definition) is 0. The van der Waals surface area contributed by atoms with Gasteiger partial charge in [0, 0.05) is 11.1 Å². The maximum atomic E-state index is 3.49. The maximum absolute atomic E-state index is 3.49. The molecule has 2 saturated carbocycles. The summed E-state index contributed by atoms with van der Waals surface area (Å²) in [7, 11) is 0. The third-order valence-electron chi connectivity index (χ3n) is 16.4. The Hall–Kier alpha value is -4.52. The zero-order valence-electron chi connectivity index (χ0n) is 42.5. The van der Waals surface area contributed by atoms with Gasteiger partial charge in [0.15, 0.2) is 0 Å². The van der Waals surface area contributed by atoms with Gasteiger partial charge in [-0.3, -0.25) is 0 Å². The summed E-state index contributed by atoms with van der Waals surface area (Å²) < 4.78 is 0. The van der Waals surface area contributed by atoms with Crippen LogP contribution in [0, 0.1) is 59.2 Å². The molecule has 0 radical (unpaired) electrons. The summed E-state index contributed by atoms with van der Waals surface area (Å²) in [5.74, 6) is 19.6. The van der Waals surface area contributed by atoms with Gasteiger partial charge in [-0.05, 0) is 194 Å². The van der Waals surface area contributed by atoms with Gasteiger partial charge in [0.05, 0.1) is 0 Å². The van der Waals surface area contributed by atoms with Crippen molar-refractivity contribution in [2.45, 2.75) is 188 Å². The fourth-order valence-corrected chi connectivity index (χ4v) is 11.9. The predicted octanol–water partition coefficient (Wildman–Crippen LogP) is 19.2. The van der Waals surface area contributed by atoms with Gasteiger partial charge in [0.1, 0.15) is 0 Å². The van der Waals surface area contributed by atoms with Crippen LogP contribution in [-0.4, -0.2) is 0 Å². The van der Waals surface area contributed by atoms with Gasteiger partial charge < -0.3 is 0 Å². The Morgan fingerprint density at radius 3 is 1.07 bits per heavy atom. The van der Waals surface area contributed by atoms with E-state index in [4.69, 9.17) is 0 Å². The third kappa shape index (κ3) is 16.0. The van der Waals surface area contributed by atoms with Crippen molar-refractivity contribution in [2.75, 3.05) is 0 Å². The smallest absolute Gasteiger partial charge is 0.0249 e. The molecule has 4 aromatic carbocycles. The van der Waals surface area contributed by atoms with Crippen molar-refractivity contribution < 1.29 is 0 Å². The summed E-state index contributed by atoms with van der Waals surface area (Å²) in [6.07, 6.45) is 38.7. The average Bonchev–Trinajstić information content (AvgIpc) is 3.39. The number of hydrogen-bond donors (Lipinski definition) is 0. The van der Waals surface area contributed by atoms with Gasteiger partial charge in [0.2, 0.25) is 0 Å². The minimum absolute atomic E-state index is 0.908. The highest BCUT2D eigenvalue weighted by molar-refractivity contribution is 5.66. The largest absolute Gasteiger partial charge is 0.0726 e. The zero-order chi connectivity index (χ0) is 46.5. The van der Waals surface area contributed by atoms with Crippen molar-refractivity contribution in [3.63, 3.8) is 0 Å². The first kappa shape index (κ1) is 50.4. The topological polar surface area (TPSA) is 0 Å². The first-order valence-electron chi connectivity index (χ1n) is 27.8. The Kier molecular flexibility index (Phi) is 20.6. The van der Waals surface area contributed by atoms with E-state index >= 15 is 0 Å². The van der Waals surface area contributed by atoms with E-state index in [9.17, 15) is 0 Å². The molecule has 2 atom stereocenters. The molecule has 4 aromatic rings. The fraction of sp³-hybridized carbons (Fsp3) is 0.522. The van der Waals surface area contributed by atoms with Crippen LogP contribution in [0.1, 0.15) is 198 Å². The van der Waals surface area contributed by atoms with E-state index in [1.165, 1.54) is 205 Å². The van der Waals surface area contributed by atoms with Gasteiger partial charge in [-0.1, -0.05) is 207 Å². The molecule has 0 amide bonds. The van der Waals surface area contributed by atoms with Crippen LogP contribution < -0.4 is 0 Å². The molecule has 354 valence electrons. The second-order valence-corrected chi connectivity index (χ2v) is 21.3. The molecule has 0 spiro atoms. The Morgan fingerprint density at radius 1 is 0.358 bits per heavy atom. The summed E-state index contributed by atoms with van der Waals surface area (Å²) in [5.41, 5.74) is 13.0. The quantitative estimate of drug-likeness (QED) is 0.104. The number of rotatable bonds is 15. The van der Waals surface area contributed by atoms with Crippen molar-refractivity contribution in [3.05, 3.63) is 143 Å². The zero-order valence-corrected chi connectivity index (χ0v) is 42.5.